The van der Waals surface area contributed by atoms with Crippen LogP contribution < -0.4 is 0 Å². The van der Waals surface area contributed by atoms with Crippen LogP contribution in [0.3, 0.4) is 0 Å². The van der Waals surface area contributed by atoms with Crippen LogP contribution in [0.5, 0.6) is 0 Å². The van der Waals surface area contributed by atoms with Crippen LogP contribution in [0.1, 0.15) is 20.3 Å². The number of carbonyl (C=O) groups excluding carboxylic acids is 1. The van der Waals surface area contributed by atoms with Gasteiger partial charge in [-0.1, -0.05) is 12.2 Å². The van der Waals surface area contributed by atoms with Crippen LogP contribution in [0.2, 0.25) is 0 Å². The number of fused-ring (bicyclic) bond motifs is 1. The summed E-state index contributed by atoms with van der Waals surface area (Å²) in [4.78, 5) is 12.1. The fourth-order valence-electron chi connectivity index (χ4n) is 2.46. The molecule has 0 aromatic rings. The predicted molar refractivity (Wildman–Crippen MR) is 74.1 cm³/mol. The van der Waals surface area contributed by atoms with Crippen molar-refractivity contribution >= 4 is 5.78 Å². The lowest BCUT2D eigenvalue weighted by molar-refractivity contribution is -0.141. The molecule has 1 heterocycles. The number of aliphatic hydroxyl groups excluding tert-OH is 3. The van der Waals surface area contributed by atoms with Gasteiger partial charge in [0.1, 0.15) is 24.4 Å². The summed E-state index contributed by atoms with van der Waals surface area (Å²) in [7, 11) is 0. The Morgan fingerprint density at radius 2 is 2.14 bits per heavy atom. The molecule has 0 saturated carbocycles. The summed E-state index contributed by atoms with van der Waals surface area (Å²) in [5, 5.41) is 39.5. The minimum absolute atomic E-state index is 0.167. The zero-order valence-electron chi connectivity index (χ0n) is 11.9. The Balaban J connectivity index is 2.22. The van der Waals surface area contributed by atoms with Gasteiger partial charge >= 0.3 is 0 Å². The molecule has 0 bridgehead atoms. The normalized spacial score (nSPS) is 35.6. The van der Waals surface area contributed by atoms with Crippen molar-refractivity contribution < 1.29 is 30.0 Å². The van der Waals surface area contributed by atoms with Gasteiger partial charge in [-0.2, -0.15) is 0 Å². The van der Waals surface area contributed by atoms with E-state index in [2.05, 4.69) is 0 Å². The molecule has 6 nitrogen and oxygen atoms in total. The number of ether oxygens (including phenoxy) is 1. The standard InChI is InChI=1S/C15H20O6/c1-3-4-10(16)13(18)11-5-8-6-12(17)15(2,20)14(19)9(8)7-21-11/h3-4,6-7,10-13,16-18,20H,5H2,1-2H3/b4-3+/t10-,11+,12+,13-,15+/m0/s1. The van der Waals surface area contributed by atoms with Gasteiger partial charge in [0.15, 0.2) is 11.4 Å². The monoisotopic (exact) mass is 296 g/mol. The first-order valence-electron chi connectivity index (χ1n) is 6.80. The van der Waals surface area contributed by atoms with Gasteiger partial charge in [0, 0.05) is 6.42 Å². The number of carbonyl (C=O) groups is 1. The predicted octanol–water partition coefficient (Wildman–Crippen LogP) is -0.422. The number of aliphatic hydroxyl groups is 4. The Morgan fingerprint density at radius 1 is 1.48 bits per heavy atom. The fourth-order valence-corrected chi connectivity index (χ4v) is 2.46. The Hall–Kier alpha value is -1.47. The van der Waals surface area contributed by atoms with E-state index in [9.17, 15) is 25.2 Å². The van der Waals surface area contributed by atoms with Crippen LogP contribution in [0.4, 0.5) is 0 Å². The zero-order valence-corrected chi connectivity index (χ0v) is 11.9. The van der Waals surface area contributed by atoms with E-state index < -0.39 is 35.8 Å². The minimum atomic E-state index is -1.88. The Kier molecular flexibility index (Phi) is 4.34. The molecule has 0 unspecified atom stereocenters. The third-order valence-corrected chi connectivity index (χ3v) is 3.89. The first-order valence-corrected chi connectivity index (χ1v) is 6.80. The summed E-state index contributed by atoms with van der Waals surface area (Å²) in [6.45, 7) is 2.96. The average Bonchev–Trinajstić information content (AvgIpc) is 2.44. The van der Waals surface area contributed by atoms with Crippen molar-refractivity contribution in [1.82, 2.24) is 0 Å². The largest absolute Gasteiger partial charge is 0.494 e. The second kappa shape index (κ2) is 5.73. The number of allylic oxidation sites excluding steroid dienone is 1. The number of Topliss-reactive ketones (excluding diaryl/α,β-unsaturated/α-hetero) is 1. The van der Waals surface area contributed by atoms with Gasteiger partial charge in [-0.25, -0.2) is 0 Å². The molecule has 21 heavy (non-hydrogen) atoms. The first-order chi connectivity index (χ1) is 9.78. The maximum absolute atomic E-state index is 12.1. The van der Waals surface area contributed by atoms with Crippen LogP contribution in [0, 0.1) is 0 Å². The van der Waals surface area contributed by atoms with Crippen LogP contribution >= 0.6 is 0 Å². The minimum Gasteiger partial charge on any atom is -0.494 e. The van der Waals surface area contributed by atoms with Crippen molar-refractivity contribution in [1.29, 1.82) is 0 Å². The maximum atomic E-state index is 12.1. The highest BCUT2D eigenvalue weighted by atomic mass is 16.5. The van der Waals surface area contributed by atoms with E-state index in [-0.39, 0.29) is 12.0 Å². The highest BCUT2D eigenvalue weighted by molar-refractivity contribution is 6.06. The van der Waals surface area contributed by atoms with Crippen LogP contribution in [0.25, 0.3) is 0 Å². The van der Waals surface area contributed by atoms with Gasteiger partial charge in [-0.15, -0.1) is 0 Å². The molecular formula is C15H20O6. The van der Waals surface area contributed by atoms with Crippen molar-refractivity contribution in [2.45, 2.75) is 50.3 Å². The molecule has 0 spiro atoms. The molecule has 4 N–H and O–H groups in total. The molecule has 0 saturated heterocycles. The average molecular weight is 296 g/mol. The summed E-state index contributed by atoms with van der Waals surface area (Å²) in [5.41, 5.74) is -1.19. The first kappa shape index (κ1) is 15.9. The summed E-state index contributed by atoms with van der Waals surface area (Å²) in [5.74, 6) is -0.616. The number of ketones is 1. The molecule has 1 aliphatic carbocycles. The van der Waals surface area contributed by atoms with E-state index in [0.717, 1.165) is 0 Å². The van der Waals surface area contributed by atoms with Gasteiger partial charge in [-0.05, 0) is 25.5 Å². The summed E-state index contributed by atoms with van der Waals surface area (Å²) >= 11 is 0. The van der Waals surface area contributed by atoms with Crippen molar-refractivity contribution in [3.63, 3.8) is 0 Å². The molecular weight excluding hydrogens is 276 g/mol. The summed E-state index contributed by atoms with van der Waals surface area (Å²) in [6, 6.07) is 0. The molecule has 2 aliphatic rings. The van der Waals surface area contributed by atoms with Crippen molar-refractivity contribution in [2.24, 2.45) is 0 Å². The summed E-state index contributed by atoms with van der Waals surface area (Å²) in [6.07, 6.45) is 1.50. The summed E-state index contributed by atoms with van der Waals surface area (Å²) < 4.78 is 5.32. The van der Waals surface area contributed by atoms with E-state index >= 15 is 0 Å². The molecule has 0 aromatic heterocycles. The SMILES string of the molecule is C/C=C/[C@H](O)[C@H](O)[C@H]1CC2=C[C@@H](O)[C@@](C)(O)C(=O)C2=CO1. The molecule has 0 amide bonds. The molecule has 1 aliphatic heterocycles. The van der Waals surface area contributed by atoms with Gasteiger partial charge in [0.25, 0.3) is 0 Å². The van der Waals surface area contributed by atoms with Gasteiger partial charge < -0.3 is 25.2 Å². The molecule has 0 fully saturated rings. The lowest BCUT2D eigenvalue weighted by Gasteiger charge is -2.37. The Labute approximate surface area is 122 Å². The van der Waals surface area contributed by atoms with Crippen molar-refractivity contribution in [3.05, 3.63) is 35.6 Å². The number of hydrogen-bond acceptors (Lipinski definition) is 6. The van der Waals surface area contributed by atoms with E-state index in [1.807, 2.05) is 0 Å². The molecule has 0 aromatic carbocycles. The Bertz CT molecular complexity index is 516. The maximum Gasteiger partial charge on any atom is 0.200 e. The second-order valence-electron chi connectivity index (χ2n) is 5.53. The van der Waals surface area contributed by atoms with Crippen LogP contribution in [0.15, 0.2) is 35.6 Å². The molecule has 5 atom stereocenters. The van der Waals surface area contributed by atoms with E-state index in [4.69, 9.17) is 4.74 Å². The molecule has 116 valence electrons. The highest BCUT2D eigenvalue weighted by Gasteiger charge is 2.46. The van der Waals surface area contributed by atoms with Gasteiger partial charge in [0.2, 0.25) is 0 Å². The highest BCUT2D eigenvalue weighted by Crippen LogP contribution is 2.35. The quantitative estimate of drug-likeness (QED) is 0.527. The second-order valence-corrected chi connectivity index (χ2v) is 5.53. The number of hydrogen-bond donors (Lipinski definition) is 4. The lowest BCUT2D eigenvalue weighted by Crippen LogP contribution is -2.51. The van der Waals surface area contributed by atoms with Gasteiger partial charge in [0.05, 0.1) is 11.8 Å². The van der Waals surface area contributed by atoms with Crippen molar-refractivity contribution in [3.8, 4) is 0 Å². The fraction of sp³-hybridized carbons (Fsp3) is 0.533. The lowest BCUT2D eigenvalue weighted by atomic mass is 9.77. The smallest absolute Gasteiger partial charge is 0.200 e. The van der Waals surface area contributed by atoms with Gasteiger partial charge in [-0.3, -0.25) is 4.79 Å². The van der Waals surface area contributed by atoms with E-state index in [1.165, 1.54) is 25.3 Å². The number of rotatable bonds is 3. The molecule has 0 radical (unpaired) electrons. The Morgan fingerprint density at radius 3 is 2.76 bits per heavy atom. The topological polar surface area (TPSA) is 107 Å². The van der Waals surface area contributed by atoms with E-state index in [1.54, 1.807) is 13.0 Å². The van der Waals surface area contributed by atoms with Crippen LogP contribution in [-0.4, -0.2) is 56.2 Å². The third-order valence-electron chi connectivity index (χ3n) is 3.89. The zero-order chi connectivity index (χ0) is 15.8. The van der Waals surface area contributed by atoms with Crippen LogP contribution in [-0.2, 0) is 9.53 Å². The molecule has 2 rings (SSSR count). The third kappa shape index (κ3) is 2.80. The van der Waals surface area contributed by atoms with Crippen molar-refractivity contribution in [2.75, 3.05) is 0 Å². The van der Waals surface area contributed by atoms with E-state index in [0.29, 0.717) is 5.57 Å². The molecule has 6 heteroatoms.